The van der Waals surface area contributed by atoms with Gasteiger partial charge in [-0.15, -0.1) is 0 Å². The summed E-state index contributed by atoms with van der Waals surface area (Å²) in [4.78, 5) is 11.3. The average molecular weight is 324 g/mol. The van der Waals surface area contributed by atoms with Gasteiger partial charge in [-0.3, -0.25) is 4.79 Å². The highest BCUT2D eigenvalue weighted by atomic mass is 16.5. The maximum atomic E-state index is 11.3. The van der Waals surface area contributed by atoms with Crippen molar-refractivity contribution in [3.8, 4) is 17.6 Å². The summed E-state index contributed by atoms with van der Waals surface area (Å²) in [5, 5.41) is 11.1. The summed E-state index contributed by atoms with van der Waals surface area (Å²) >= 11 is 0. The molecule has 5 heteroatoms. The number of nitriles is 1. The molecule has 0 radical (unpaired) electrons. The molecule has 0 aliphatic rings. The lowest BCUT2D eigenvalue weighted by atomic mass is 10.1. The molecule has 1 N–H and O–H groups in total. The van der Waals surface area contributed by atoms with Gasteiger partial charge >= 0.3 is 0 Å². The number of nitrogens with zero attached hydrogens (tertiary/aromatic N) is 1. The zero-order chi connectivity index (χ0) is 17.2. The van der Waals surface area contributed by atoms with Crippen LogP contribution in [0.1, 0.15) is 17.5 Å². The molecule has 1 amide bonds. The zero-order valence-electron chi connectivity index (χ0n) is 13.6. The Hall–Kier alpha value is -3.00. The van der Waals surface area contributed by atoms with Crippen LogP contribution < -0.4 is 14.8 Å². The zero-order valence-corrected chi connectivity index (χ0v) is 13.6. The molecular formula is C19H20N2O3. The highest BCUT2D eigenvalue weighted by Gasteiger charge is 2.07. The van der Waals surface area contributed by atoms with Gasteiger partial charge in [-0.2, -0.15) is 5.26 Å². The molecule has 0 aromatic heterocycles. The monoisotopic (exact) mass is 324 g/mol. The van der Waals surface area contributed by atoms with Crippen LogP contribution in [0.4, 0.5) is 0 Å². The molecule has 5 nitrogen and oxygen atoms in total. The highest BCUT2D eigenvalue weighted by molar-refractivity contribution is 5.77. The van der Waals surface area contributed by atoms with E-state index in [-0.39, 0.29) is 12.3 Å². The van der Waals surface area contributed by atoms with Crippen LogP contribution in [0.5, 0.6) is 11.5 Å². The lowest BCUT2D eigenvalue weighted by Crippen LogP contribution is -2.21. The number of carbonyl (C=O) groups is 1. The van der Waals surface area contributed by atoms with Crippen molar-refractivity contribution in [2.24, 2.45) is 0 Å². The molecular weight excluding hydrogens is 304 g/mol. The molecule has 24 heavy (non-hydrogen) atoms. The van der Waals surface area contributed by atoms with E-state index in [2.05, 4.69) is 17.4 Å². The van der Waals surface area contributed by atoms with Crippen molar-refractivity contribution in [2.75, 3.05) is 13.7 Å². The Morgan fingerprint density at radius 3 is 2.62 bits per heavy atom. The van der Waals surface area contributed by atoms with Crippen molar-refractivity contribution in [1.29, 1.82) is 5.26 Å². The number of benzene rings is 2. The van der Waals surface area contributed by atoms with Gasteiger partial charge in [0.2, 0.25) is 5.91 Å². The van der Waals surface area contributed by atoms with E-state index < -0.39 is 0 Å². The number of hydrogen-bond acceptors (Lipinski definition) is 4. The van der Waals surface area contributed by atoms with E-state index >= 15 is 0 Å². The lowest BCUT2D eigenvalue weighted by Gasteiger charge is -2.12. The fourth-order valence-corrected chi connectivity index (χ4v) is 2.20. The molecule has 0 heterocycles. The Kier molecular flexibility index (Phi) is 6.66. The fraction of sp³-hybridized carbons (Fsp3) is 0.263. The molecule has 0 aliphatic heterocycles. The molecule has 124 valence electrons. The molecule has 2 rings (SSSR count). The maximum absolute atomic E-state index is 11.3. The van der Waals surface area contributed by atoms with Gasteiger partial charge in [0, 0.05) is 13.0 Å². The minimum Gasteiger partial charge on any atom is -0.493 e. The average Bonchev–Trinajstić information content (AvgIpc) is 2.62. The van der Waals surface area contributed by atoms with Gasteiger partial charge < -0.3 is 14.8 Å². The quantitative estimate of drug-likeness (QED) is 0.810. The summed E-state index contributed by atoms with van der Waals surface area (Å²) in [5.74, 6) is 0.996. The van der Waals surface area contributed by atoms with Crippen LogP contribution in [0.2, 0.25) is 0 Å². The fourth-order valence-electron chi connectivity index (χ4n) is 2.20. The van der Waals surface area contributed by atoms with E-state index in [0.29, 0.717) is 24.7 Å². The van der Waals surface area contributed by atoms with Crippen LogP contribution >= 0.6 is 0 Å². The Labute approximate surface area is 141 Å². The first-order chi connectivity index (χ1) is 11.7. The van der Waals surface area contributed by atoms with E-state index in [1.807, 2.05) is 42.5 Å². The van der Waals surface area contributed by atoms with Gasteiger partial charge in [0.05, 0.1) is 19.8 Å². The second kappa shape index (κ2) is 9.21. The highest BCUT2D eigenvalue weighted by Crippen LogP contribution is 2.28. The van der Waals surface area contributed by atoms with Crippen LogP contribution in [0.15, 0.2) is 48.5 Å². The van der Waals surface area contributed by atoms with E-state index in [1.54, 1.807) is 7.11 Å². The predicted octanol–water partition coefficient (Wildman–Crippen LogP) is 2.85. The number of rotatable bonds is 8. The van der Waals surface area contributed by atoms with Crippen LogP contribution in [0.3, 0.4) is 0 Å². The van der Waals surface area contributed by atoms with Crippen LogP contribution in [-0.2, 0) is 17.8 Å². The van der Waals surface area contributed by atoms with Gasteiger partial charge in [0.15, 0.2) is 11.5 Å². The Morgan fingerprint density at radius 1 is 1.12 bits per heavy atom. The maximum Gasteiger partial charge on any atom is 0.234 e. The van der Waals surface area contributed by atoms with Crippen molar-refractivity contribution < 1.29 is 14.3 Å². The van der Waals surface area contributed by atoms with Crippen molar-refractivity contribution in [1.82, 2.24) is 5.32 Å². The first-order valence-electron chi connectivity index (χ1n) is 7.70. The summed E-state index contributed by atoms with van der Waals surface area (Å²) in [6.45, 7) is 0.903. The Bertz CT molecular complexity index is 708. The van der Waals surface area contributed by atoms with Crippen molar-refractivity contribution in [3.63, 3.8) is 0 Å². The van der Waals surface area contributed by atoms with Crippen LogP contribution in [0, 0.1) is 11.3 Å². The normalized spacial score (nSPS) is 9.83. The molecule has 0 saturated carbocycles. The number of carbonyl (C=O) groups excluding carboxylic acids is 1. The third kappa shape index (κ3) is 5.33. The van der Waals surface area contributed by atoms with Crippen LogP contribution in [-0.4, -0.2) is 19.6 Å². The molecule has 0 saturated heterocycles. The standard InChI is InChI=1S/C19H20N2O3/c1-23-18-13-16(14-21-19(22)9-11-20)7-8-17(18)24-12-10-15-5-3-2-4-6-15/h2-8,13H,9-10,12,14H2,1H3,(H,21,22). The molecule has 2 aromatic carbocycles. The lowest BCUT2D eigenvalue weighted by molar-refractivity contribution is -0.120. The van der Waals surface area contributed by atoms with Gasteiger partial charge in [0.1, 0.15) is 6.42 Å². The van der Waals surface area contributed by atoms with Gasteiger partial charge in [0.25, 0.3) is 0 Å². The molecule has 0 unspecified atom stereocenters. The van der Waals surface area contributed by atoms with Crippen molar-refractivity contribution >= 4 is 5.91 Å². The Balaban J connectivity index is 1.91. The van der Waals surface area contributed by atoms with Crippen molar-refractivity contribution in [2.45, 2.75) is 19.4 Å². The number of nitrogens with one attached hydrogen (secondary N) is 1. The first kappa shape index (κ1) is 17.4. The van der Waals surface area contributed by atoms with Crippen molar-refractivity contribution in [3.05, 3.63) is 59.7 Å². The number of hydrogen-bond donors (Lipinski definition) is 1. The molecule has 0 aliphatic carbocycles. The summed E-state index contributed by atoms with van der Waals surface area (Å²) < 4.78 is 11.1. The molecule has 0 fully saturated rings. The molecule has 0 bridgehead atoms. The largest absolute Gasteiger partial charge is 0.493 e. The van der Waals surface area contributed by atoms with Gasteiger partial charge in [-0.05, 0) is 23.3 Å². The minimum absolute atomic E-state index is 0.141. The van der Waals surface area contributed by atoms with E-state index in [1.165, 1.54) is 5.56 Å². The summed E-state index contributed by atoms with van der Waals surface area (Å²) in [7, 11) is 1.58. The molecule has 0 spiro atoms. The van der Waals surface area contributed by atoms with Gasteiger partial charge in [-0.1, -0.05) is 36.4 Å². The first-order valence-corrected chi connectivity index (χ1v) is 7.70. The van der Waals surface area contributed by atoms with Gasteiger partial charge in [-0.25, -0.2) is 0 Å². The number of methoxy groups -OCH3 is 1. The van der Waals surface area contributed by atoms with E-state index in [4.69, 9.17) is 14.7 Å². The Morgan fingerprint density at radius 2 is 1.92 bits per heavy atom. The van der Waals surface area contributed by atoms with Crippen LogP contribution in [0.25, 0.3) is 0 Å². The smallest absolute Gasteiger partial charge is 0.234 e. The predicted molar refractivity (Wildman–Crippen MR) is 90.7 cm³/mol. The second-order valence-electron chi connectivity index (χ2n) is 5.18. The third-order valence-corrected chi connectivity index (χ3v) is 3.45. The summed E-state index contributed by atoms with van der Waals surface area (Å²) in [6.07, 6.45) is 0.674. The van der Waals surface area contributed by atoms with E-state index in [0.717, 1.165) is 12.0 Å². The minimum atomic E-state index is -0.292. The third-order valence-electron chi connectivity index (χ3n) is 3.45. The van der Waals surface area contributed by atoms with E-state index in [9.17, 15) is 4.79 Å². The summed E-state index contributed by atoms with van der Waals surface area (Å²) in [5.41, 5.74) is 2.10. The SMILES string of the molecule is COc1cc(CNC(=O)CC#N)ccc1OCCc1ccccc1. The topological polar surface area (TPSA) is 71.3 Å². The second-order valence-corrected chi connectivity index (χ2v) is 5.18. The molecule has 2 aromatic rings. The molecule has 0 atom stereocenters. The number of amides is 1. The summed E-state index contributed by atoms with van der Waals surface area (Å²) in [6, 6.07) is 17.5. The number of ether oxygens (including phenoxy) is 2.